The van der Waals surface area contributed by atoms with Gasteiger partial charge in [-0.1, -0.05) is 36.4 Å². The molecule has 0 aliphatic heterocycles. The lowest BCUT2D eigenvalue weighted by molar-refractivity contribution is -0.133. The summed E-state index contributed by atoms with van der Waals surface area (Å²) in [7, 11) is 0. The van der Waals surface area contributed by atoms with E-state index in [9.17, 15) is 22.0 Å². The van der Waals surface area contributed by atoms with Gasteiger partial charge < -0.3 is 9.47 Å². The van der Waals surface area contributed by atoms with Gasteiger partial charge in [0.1, 0.15) is 17.3 Å². The van der Waals surface area contributed by atoms with Crippen LogP contribution in [0.1, 0.15) is 6.92 Å². The van der Waals surface area contributed by atoms with Gasteiger partial charge in [-0.2, -0.15) is 17.6 Å². The van der Waals surface area contributed by atoms with E-state index in [1.54, 1.807) is 24.3 Å². The Balaban J connectivity index is 1.79. The molecule has 2 nitrogen and oxygen atoms in total. The molecule has 0 saturated carbocycles. The van der Waals surface area contributed by atoms with Crippen LogP contribution >= 0.6 is 0 Å². The van der Waals surface area contributed by atoms with Gasteiger partial charge in [-0.15, -0.1) is 0 Å². The number of benzene rings is 3. The topological polar surface area (TPSA) is 18.5 Å². The van der Waals surface area contributed by atoms with Gasteiger partial charge in [0.25, 0.3) is 6.08 Å². The molecule has 3 aromatic carbocycles. The molecule has 156 valence electrons. The SMILES string of the molecule is CCOc1ccc(-c2ccc(-c3ccc(OC(F)(F)C=C(F)F)cc3)c(F)c2)cc1. The zero-order valence-electron chi connectivity index (χ0n) is 15.8. The first kappa shape index (κ1) is 21.4. The molecule has 30 heavy (non-hydrogen) atoms. The Morgan fingerprint density at radius 1 is 0.833 bits per heavy atom. The zero-order chi connectivity index (χ0) is 21.7. The Labute approximate surface area is 170 Å². The van der Waals surface area contributed by atoms with Crippen molar-refractivity contribution in [3.8, 4) is 33.8 Å². The van der Waals surface area contributed by atoms with Crippen molar-refractivity contribution in [2.75, 3.05) is 6.61 Å². The maximum absolute atomic E-state index is 14.7. The van der Waals surface area contributed by atoms with Gasteiger partial charge in [0, 0.05) is 5.56 Å². The van der Waals surface area contributed by atoms with Crippen LogP contribution in [0.5, 0.6) is 11.5 Å². The van der Waals surface area contributed by atoms with E-state index in [4.69, 9.17) is 4.74 Å². The van der Waals surface area contributed by atoms with E-state index >= 15 is 0 Å². The minimum atomic E-state index is -4.15. The summed E-state index contributed by atoms with van der Waals surface area (Å²) in [5.41, 5.74) is 2.16. The summed E-state index contributed by atoms with van der Waals surface area (Å²) in [6, 6.07) is 17.0. The second kappa shape index (κ2) is 8.98. The summed E-state index contributed by atoms with van der Waals surface area (Å²) in [6.45, 7) is 2.43. The average Bonchev–Trinajstić information content (AvgIpc) is 2.68. The van der Waals surface area contributed by atoms with E-state index in [1.807, 2.05) is 19.1 Å². The highest BCUT2D eigenvalue weighted by Crippen LogP contribution is 2.31. The van der Waals surface area contributed by atoms with E-state index in [0.29, 0.717) is 17.7 Å². The number of halogens is 5. The Morgan fingerprint density at radius 3 is 1.97 bits per heavy atom. The zero-order valence-corrected chi connectivity index (χ0v) is 15.8. The Bertz CT molecular complexity index is 1020. The third-order valence-corrected chi connectivity index (χ3v) is 4.16. The molecule has 7 heteroatoms. The molecule has 0 aromatic heterocycles. The van der Waals surface area contributed by atoms with Gasteiger partial charge in [0.2, 0.25) is 0 Å². The number of rotatable bonds is 7. The molecule has 0 radical (unpaired) electrons. The minimum absolute atomic E-state index is 0.262. The van der Waals surface area contributed by atoms with Crippen LogP contribution < -0.4 is 9.47 Å². The molecule has 0 amide bonds. The minimum Gasteiger partial charge on any atom is -0.494 e. The van der Waals surface area contributed by atoms with Crippen LogP contribution in [-0.2, 0) is 0 Å². The van der Waals surface area contributed by atoms with Crippen molar-refractivity contribution in [2.24, 2.45) is 0 Å². The lowest BCUT2D eigenvalue weighted by atomic mass is 9.99. The highest BCUT2D eigenvalue weighted by atomic mass is 19.3. The van der Waals surface area contributed by atoms with Crippen LogP contribution in [0.3, 0.4) is 0 Å². The average molecular weight is 420 g/mol. The molecular formula is C23H17F5O2. The summed E-state index contributed by atoms with van der Waals surface area (Å²) in [6.07, 6.45) is -7.28. The summed E-state index contributed by atoms with van der Waals surface area (Å²) < 4.78 is 74.9. The fourth-order valence-electron chi connectivity index (χ4n) is 2.86. The van der Waals surface area contributed by atoms with Gasteiger partial charge >= 0.3 is 6.11 Å². The quantitative estimate of drug-likeness (QED) is 0.373. The molecule has 0 spiro atoms. The summed E-state index contributed by atoms with van der Waals surface area (Å²) >= 11 is 0. The monoisotopic (exact) mass is 420 g/mol. The summed E-state index contributed by atoms with van der Waals surface area (Å²) in [4.78, 5) is 0. The first-order valence-corrected chi connectivity index (χ1v) is 9.01. The van der Waals surface area contributed by atoms with Gasteiger partial charge in [-0.3, -0.25) is 0 Å². The van der Waals surface area contributed by atoms with Crippen molar-refractivity contribution >= 4 is 0 Å². The Morgan fingerprint density at radius 2 is 1.40 bits per heavy atom. The van der Waals surface area contributed by atoms with Crippen molar-refractivity contribution in [3.63, 3.8) is 0 Å². The third-order valence-electron chi connectivity index (χ3n) is 4.16. The first-order valence-electron chi connectivity index (χ1n) is 9.01. The van der Waals surface area contributed by atoms with Crippen molar-refractivity contribution < 1.29 is 31.4 Å². The molecule has 3 aromatic rings. The standard InChI is InChI=1S/C23H17F5O2/c1-2-29-18-8-3-15(4-9-18)17-7-12-20(21(24)13-17)16-5-10-19(11-6-16)30-23(27,28)14-22(25)26/h3-14H,2H2,1H3. The number of alkyl halides is 2. The summed E-state index contributed by atoms with van der Waals surface area (Å²) in [5.74, 6) is -0.105. The fourth-order valence-corrected chi connectivity index (χ4v) is 2.86. The molecule has 0 aliphatic carbocycles. The summed E-state index contributed by atoms with van der Waals surface area (Å²) in [5, 5.41) is 0. The predicted molar refractivity (Wildman–Crippen MR) is 104 cm³/mol. The van der Waals surface area contributed by atoms with Crippen molar-refractivity contribution in [2.45, 2.75) is 13.0 Å². The maximum atomic E-state index is 14.7. The molecule has 0 heterocycles. The first-order chi connectivity index (χ1) is 14.3. The van der Waals surface area contributed by atoms with E-state index in [-0.39, 0.29) is 11.3 Å². The molecule has 0 N–H and O–H groups in total. The lowest BCUT2D eigenvalue weighted by Crippen LogP contribution is -2.21. The smallest absolute Gasteiger partial charge is 0.425 e. The van der Waals surface area contributed by atoms with Crippen LogP contribution in [0.2, 0.25) is 0 Å². The maximum Gasteiger partial charge on any atom is 0.425 e. The van der Waals surface area contributed by atoms with Crippen LogP contribution in [0.4, 0.5) is 22.0 Å². The number of hydrogen-bond acceptors (Lipinski definition) is 2. The van der Waals surface area contributed by atoms with Crippen molar-refractivity contribution in [1.29, 1.82) is 0 Å². The lowest BCUT2D eigenvalue weighted by Gasteiger charge is -2.14. The largest absolute Gasteiger partial charge is 0.494 e. The van der Waals surface area contributed by atoms with Crippen LogP contribution in [0, 0.1) is 5.82 Å². The second-order valence-electron chi connectivity index (χ2n) is 6.27. The van der Waals surface area contributed by atoms with Gasteiger partial charge in [-0.25, -0.2) is 4.39 Å². The molecule has 0 aliphatic rings. The predicted octanol–water partition coefficient (Wildman–Crippen LogP) is 7.31. The van der Waals surface area contributed by atoms with Crippen LogP contribution in [0.15, 0.2) is 78.9 Å². The number of hydrogen-bond donors (Lipinski definition) is 0. The second-order valence-corrected chi connectivity index (χ2v) is 6.27. The third kappa shape index (κ3) is 5.37. The van der Waals surface area contributed by atoms with E-state index in [1.165, 1.54) is 18.2 Å². The van der Waals surface area contributed by atoms with E-state index in [0.717, 1.165) is 23.4 Å². The van der Waals surface area contributed by atoms with Crippen LogP contribution in [-0.4, -0.2) is 12.7 Å². The molecule has 3 rings (SSSR count). The van der Waals surface area contributed by atoms with Crippen LogP contribution in [0.25, 0.3) is 22.3 Å². The van der Waals surface area contributed by atoms with Gasteiger partial charge in [-0.05, 0) is 53.9 Å². The molecule has 0 bridgehead atoms. The highest BCUT2D eigenvalue weighted by molar-refractivity contribution is 5.71. The molecule has 0 fully saturated rings. The van der Waals surface area contributed by atoms with Crippen molar-refractivity contribution in [1.82, 2.24) is 0 Å². The Hall–Kier alpha value is -3.35. The number of ether oxygens (including phenoxy) is 2. The van der Waals surface area contributed by atoms with Crippen molar-refractivity contribution in [3.05, 3.63) is 84.7 Å². The molecule has 0 unspecified atom stereocenters. The molecule has 0 saturated heterocycles. The van der Waals surface area contributed by atoms with E-state index in [2.05, 4.69) is 4.74 Å². The normalized spacial score (nSPS) is 11.1. The highest BCUT2D eigenvalue weighted by Gasteiger charge is 2.30. The van der Waals surface area contributed by atoms with Gasteiger partial charge in [0.05, 0.1) is 12.7 Å². The Kier molecular flexibility index (Phi) is 6.40. The fraction of sp³-hybridized carbons (Fsp3) is 0.130. The van der Waals surface area contributed by atoms with E-state index < -0.39 is 24.1 Å². The van der Waals surface area contributed by atoms with Gasteiger partial charge in [0.15, 0.2) is 0 Å². The molecular weight excluding hydrogens is 403 g/mol. The molecule has 0 atom stereocenters.